The van der Waals surface area contributed by atoms with E-state index in [0.29, 0.717) is 13.1 Å². The van der Waals surface area contributed by atoms with Crippen molar-refractivity contribution in [1.29, 1.82) is 0 Å². The molecule has 0 aliphatic rings. The number of hydrogen-bond acceptors (Lipinski definition) is 5. The Kier molecular flexibility index (Phi) is 11.5. The van der Waals surface area contributed by atoms with E-state index in [1.807, 2.05) is 106 Å². The molecule has 0 N–H and O–H groups in total. The van der Waals surface area contributed by atoms with Gasteiger partial charge in [-0.1, -0.05) is 6.07 Å². The molecule has 36 heavy (non-hydrogen) atoms. The van der Waals surface area contributed by atoms with Crippen molar-refractivity contribution in [3.05, 3.63) is 67.0 Å². The van der Waals surface area contributed by atoms with Crippen molar-refractivity contribution in [2.75, 3.05) is 0 Å². The van der Waals surface area contributed by atoms with Crippen molar-refractivity contribution in [2.45, 2.75) is 78.9 Å². The maximum atomic E-state index is 12.0. The van der Waals surface area contributed by atoms with E-state index in [9.17, 15) is 9.59 Å². The first-order valence-electron chi connectivity index (χ1n) is 11.3. The SMILES string of the molecule is CC(C)(C)OC(=O)Cn1cc[n+](Cc2cccc(C[n+]3ccn(CC(=O)OC(C)(C)C)c3)n2)c1.[Br-].[Br-]. The third-order valence-electron chi connectivity index (χ3n) is 4.51. The Hall–Kier alpha value is -2.53. The van der Waals surface area contributed by atoms with Crippen LogP contribution in [0, 0.1) is 0 Å². The summed E-state index contributed by atoms with van der Waals surface area (Å²) in [5, 5.41) is 0. The molecule has 0 unspecified atom stereocenters. The first-order valence-corrected chi connectivity index (χ1v) is 11.3. The van der Waals surface area contributed by atoms with Crippen LogP contribution in [0.1, 0.15) is 52.9 Å². The number of carbonyl (C=O) groups excluding carboxylic acids is 2. The van der Waals surface area contributed by atoms with Crippen LogP contribution in [0.2, 0.25) is 0 Å². The van der Waals surface area contributed by atoms with E-state index in [0.717, 1.165) is 11.4 Å². The largest absolute Gasteiger partial charge is 1.00 e. The molecular formula is C25H35Br2N5O4. The summed E-state index contributed by atoms with van der Waals surface area (Å²) < 4.78 is 18.3. The van der Waals surface area contributed by atoms with Gasteiger partial charge >= 0.3 is 11.9 Å². The minimum atomic E-state index is -0.501. The summed E-state index contributed by atoms with van der Waals surface area (Å²) >= 11 is 0. The van der Waals surface area contributed by atoms with Gasteiger partial charge in [0.1, 0.15) is 49.1 Å². The molecule has 3 aromatic rings. The molecule has 0 amide bonds. The van der Waals surface area contributed by atoms with Crippen molar-refractivity contribution >= 4 is 11.9 Å². The second-order valence-electron chi connectivity index (χ2n) is 10.3. The lowest BCUT2D eigenvalue weighted by Gasteiger charge is -2.18. The molecule has 0 saturated carbocycles. The Morgan fingerprint density at radius 2 is 1.17 bits per heavy atom. The normalized spacial score (nSPS) is 11.3. The first-order chi connectivity index (χ1) is 15.8. The Morgan fingerprint density at radius 1 is 0.778 bits per heavy atom. The van der Waals surface area contributed by atoms with Crippen LogP contribution in [-0.4, -0.2) is 37.3 Å². The molecule has 0 saturated heterocycles. The van der Waals surface area contributed by atoms with Gasteiger partial charge in [0.05, 0.1) is 11.4 Å². The molecule has 9 nitrogen and oxygen atoms in total. The third-order valence-corrected chi connectivity index (χ3v) is 4.51. The van der Waals surface area contributed by atoms with E-state index in [2.05, 4.69) is 0 Å². The highest BCUT2D eigenvalue weighted by Crippen LogP contribution is 2.08. The van der Waals surface area contributed by atoms with E-state index >= 15 is 0 Å². The molecular weight excluding hydrogens is 594 g/mol. The highest BCUT2D eigenvalue weighted by molar-refractivity contribution is 5.70. The lowest BCUT2D eigenvalue weighted by atomic mass is 10.2. The number of carbonyl (C=O) groups is 2. The predicted octanol–water partition coefficient (Wildman–Crippen LogP) is -3.95. The standard InChI is InChI=1S/C25H35N5O4.2BrH/c1-24(2,3)33-22(31)16-29-12-10-27(18-29)14-20-8-7-9-21(26-20)15-28-11-13-30(19-28)17-23(32)34-25(4,5)6;;/h7-13,18-19H,14-17H2,1-6H3;2*1H/q+2;;/p-2. The molecule has 0 bridgehead atoms. The molecule has 11 heteroatoms. The van der Waals surface area contributed by atoms with Gasteiger partial charge in [-0.05, 0) is 53.7 Å². The summed E-state index contributed by atoms with van der Waals surface area (Å²) in [7, 11) is 0. The molecule has 0 radical (unpaired) electrons. The quantitative estimate of drug-likeness (QED) is 0.188. The molecule has 0 atom stereocenters. The van der Waals surface area contributed by atoms with Gasteiger partial charge in [0.25, 0.3) is 0 Å². The van der Waals surface area contributed by atoms with Gasteiger partial charge in [-0.25, -0.2) is 32.8 Å². The zero-order chi connectivity index (χ0) is 24.9. The number of halogens is 2. The third kappa shape index (κ3) is 11.0. The van der Waals surface area contributed by atoms with Gasteiger partial charge in [0.15, 0.2) is 13.1 Å². The van der Waals surface area contributed by atoms with Crippen LogP contribution >= 0.6 is 0 Å². The van der Waals surface area contributed by atoms with E-state index in [1.165, 1.54) is 0 Å². The van der Waals surface area contributed by atoms with E-state index in [1.54, 1.807) is 9.13 Å². The summed E-state index contributed by atoms with van der Waals surface area (Å²) in [5.41, 5.74) is 0.816. The van der Waals surface area contributed by atoms with Crippen molar-refractivity contribution in [1.82, 2.24) is 14.1 Å². The second kappa shape index (κ2) is 13.1. The van der Waals surface area contributed by atoms with E-state index < -0.39 is 11.2 Å². The highest BCUT2D eigenvalue weighted by Gasteiger charge is 2.20. The highest BCUT2D eigenvalue weighted by atomic mass is 79.9. The van der Waals surface area contributed by atoms with Crippen LogP contribution in [0.3, 0.4) is 0 Å². The molecule has 0 spiro atoms. The van der Waals surface area contributed by atoms with Crippen LogP contribution in [0.5, 0.6) is 0 Å². The van der Waals surface area contributed by atoms with Crippen molar-refractivity contribution < 1.29 is 62.2 Å². The number of aromatic nitrogens is 5. The Morgan fingerprint density at radius 3 is 1.53 bits per heavy atom. The van der Waals surface area contributed by atoms with E-state index in [-0.39, 0.29) is 59.0 Å². The fraction of sp³-hybridized carbons (Fsp3) is 0.480. The smallest absolute Gasteiger partial charge is 0.349 e. The Labute approximate surface area is 233 Å². The van der Waals surface area contributed by atoms with Gasteiger partial charge in [-0.2, -0.15) is 0 Å². The number of pyridine rings is 1. The Balaban J connectivity index is 0.00000324. The Bertz CT molecular complexity index is 1060. The number of nitrogens with zero attached hydrogens (tertiary/aromatic N) is 5. The molecule has 3 heterocycles. The molecule has 3 aromatic heterocycles. The lowest BCUT2D eigenvalue weighted by molar-refractivity contribution is -0.689. The summed E-state index contributed by atoms with van der Waals surface area (Å²) in [4.78, 5) is 28.8. The number of esters is 2. The van der Waals surface area contributed by atoms with Crippen LogP contribution < -0.4 is 43.1 Å². The summed E-state index contributed by atoms with van der Waals surface area (Å²) in [6.07, 6.45) is 11.2. The molecule has 198 valence electrons. The maximum absolute atomic E-state index is 12.0. The van der Waals surface area contributed by atoms with Crippen molar-refractivity contribution in [3.63, 3.8) is 0 Å². The topological polar surface area (TPSA) is 83.1 Å². The summed E-state index contributed by atoms with van der Waals surface area (Å²) in [6.45, 7) is 12.6. The summed E-state index contributed by atoms with van der Waals surface area (Å²) in [6, 6.07) is 5.92. The zero-order valence-electron chi connectivity index (χ0n) is 21.6. The maximum Gasteiger partial charge on any atom is 0.349 e. The molecule has 0 aromatic carbocycles. The van der Waals surface area contributed by atoms with Crippen LogP contribution in [0.15, 0.2) is 55.6 Å². The van der Waals surface area contributed by atoms with E-state index in [4.69, 9.17) is 14.5 Å². The molecule has 0 fully saturated rings. The lowest BCUT2D eigenvalue weighted by Crippen LogP contribution is -3.00. The van der Waals surface area contributed by atoms with Gasteiger partial charge < -0.3 is 43.4 Å². The molecule has 0 aliphatic carbocycles. The summed E-state index contributed by atoms with van der Waals surface area (Å²) in [5.74, 6) is -0.544. The van der Waals surface area contributed by atoms with Crippen LogP contribution in [0.4, 0.5) is 0 Å². The van der Waals surface area contributed by atoms with Gasteiger partial charge in [0, 0.05) is 0 Å². The van der Waals surface area contributed by atoms with Gasteiger partial charge in [-0.15, -0.1) is 0 Å². The number of hydrogen-bond donors (Lipinski definition) is 0. The van der Waals surface area contributed by atoms with Gasteiger partial charge in [-0.3, -0.25) is 0 Å². The zero-order valence-corrected chi connectivity index (χ0v) is 24.8. The minimum Gasteiger partial charge on any atom is -1.00 e. The van der Waals surface area contributed by atoms with Crippen LogP contribution in [0.25, 0.3) is 0 Å². The second-order valence-corrected chi connectivity index (χ2v) is 10.3. The predicted molar refractivity (Wildman–Crippen MR) is 123 cm³/mol. The average molecular weight is 629 g/mol. The number of imidazole rings is 2. The fourth-order valence-corrected chi connectivity index (χ4v) is 3.38. The van der Waals surface area contributed by atoms with Crippen molar-refractivity contribution in [3.8, 4) is 0 Å². The minimum absolute atomic E-state index is 0. The van der Waals surface area contributed by atoms with Crippen LogP contribution in [-0.2, 0) is 45.2 Å². The number of ether oxygens (including phenoxy) is 2. The molecule has 0 aliphatic heterocycles. The van der Waals surface area contributed by atoms with Gasteiger partial charge in [0.2, 0.25) is 12.7 Å². The first kappa shape index (κ1) is 31.5. The number of rotatable bonds is 8. The average Bonchev–Trinajstić information content (AvgIpc) is 3.28. The molecule has 3 rings (SSSR count). The van der Waals surface area contributed by atoms with Crippen molar-refractivity contribution in [2.24, 2.45) is 0 Å². The fourth-order valence-electron chi connectivity index (χ4n) is 3.38. The monoisotopic (exact) mass is 627 g/mol.